The van der Waals surface area contributed by atoms with Crippen molar-refractivity contribution in [1.82, 2.24) is 0 Å². The summed E-state index contributed by atoms with van der Waals surface area (Å²) in [6.45, 7) is -0.532. The molecule has 0 unspecified atom stereocenters. The van der Waals surface area contributed by atoms with E-state index >= 15 is 0 Å². The minimum absolute atomic E-state index is 0.194. The number of carbonyl (C=O) groups is 1. The van der Waals surface area contributed by atoms with E-state index in [1.54, 1.807) is 24.3 Å². The Balaban J connectivity index is 1.78. The Morgan fingerprint density at radius 1 is 0.821 bits per heavy atom. The molecule has 3 aromatic carbocycles. The van der Waals surface area contributed by atoms with Crippen LogP contribution in [-0.4, -0.2) is 17.7 Å². The number of carboxylic acids is 1. The van der Waals surface area contributed by atoms with Crippen molar-refractivity contribution in [3.63, 3.8) is 0 Å². The van der Waals surface area contributed by atoms with Crippen molar-refractivity contribution >= 4 is 5.97 Å². The molecule has 28 heavy (non-hydrogen) atoms. The summed E-state index contributed by atoms with van der Waals surface area (Å²) in [4.78, 5) is 10.6. The van der Waals surface area contributed by atoms with E-state index in [0.29, 0.717) is 22.3 Å². The van der Waals surface area contributed by atoms with Crippen LogP contribution in [0.4, 0.5) is 13.2 Å². The molecule has 0 aliphatic heterocycles. The van der Waals surface area contributed by atoms with E-state index in [2.05, 4.69) is 0 Å². The van der Waals surface area contributed by atoms with Crippen molar-refractivity contribution in [1.29, 1.82) is 0 Å². The van der Waals surface area contributed by atoms with Crippen molar-refractivity contribution in [2.75, 3.05) is 6.61 Å². The van der Waals surface area contributed by atoms with Crippen LogP contribution < -0.4 is 4.74 Å². The van der Waals surface area contributed by atoms with Gasteiger partial charge in [-0.05, 0) is 77.6 Å². The van der Waals surface area contributed by atoms with Crippen LogP contribution >= 0.6 is 0 Å². The average Bonchev–Trinajstić information content (AvgIpc) is 2.67. The second-order valence-corrected chi connectivity index (χ2v) is 6.25. The molecule has 0 saturated heterocycles. The molecule has 0 saturated carbocycles. The molecule has 3 aromatic rings. The number of benzene rings is 3. The van der Waals surface area contributed by atoms with E-state index in [0.717, 1.165) is 0 Å². The molecular formula is C22H17F3O3. The minimum Gasteiger partial charge on any atom is -0.482 e. The maximum Gasteiger partial charge on any atom is 0.341 e. The van der Waals surface area contributed by atoms with Gasteiger partial charge in [-0.25, -0.2) is 18.0 Å². The summed E-state index contributed by atoms with van der Waals surface area (Å²) >= 11 is 0. The lowest BCUT2D eigenvalue weighted by atomic mass is 9.98. The van der Waals surface area contributed by atoms with Gasteiger partial charge in [0.1, 0.15) is 23.2 Å². The first kappa shape index (κ1) is 19.5. The molecule has 6 heteroatoms. The molecule has 1 N–H and O–H groups in total. The molecule has 144 valence electrons. The van der Waals surface area contributed by atoms with Gasteiger partial charge in [-0.1, -0.05) is 18.2 Å². The zero-order valence-corrected chi connectivity index (χ0v) is 14.8. The van der Waals surface area contributed by atoms with E-state index in [1.165, 1.54) is 36.4 Å². The molecule has 3 nitrogen and oxygen atoms in total. The van der Waals surface area contributed by atoms with Crippen molar-refractivity contribution < 1.29 is 27.8 Å². The topological polar surface area (TPSA) is 46.5 Å². The van der Waals surface area contributed by atoms with Crippen LogP contribution in [0.2, 0.25) is 0 Å². The molecule has 0 spiro atoms. The number of carboxylic acid groups (broad SMARTS) is 1. The van der Waals surface area contributed by atoms with Crippen LogP contribution in [0.1, 0.15) is 11.1 Å². The largest absolute Gasteiger partial charge is 0.482 e. The molecule has 0 radical (unpaired) electrons. The lowest BCUT2D eigenvalue weighted by Crippen LogP contribution is -2.09. The van der Waals surface area contributed by atoms with Gasteiger partial charge in [0.25, 0.3) is 0 Å². The molecule has 3 rings (SSSR count). The van der Waals surface area contributed by atoms with Crippen LogP contribution in [0.5, 0.6) is 5.75 Å². The van der Waals surface area contributed by atoms with Crippen LogP contribution in [0.3, 0.4) is 0 Å². The van der Waals surface area contributed by atoms with E-state index in [-0.39, 0.29) is 24.4 Å². The Hall–Kier alpha value is -3.28. The Kier molecular flexibility index (Phi) is 5.99. The fraction of sp³-hybridized carbons (Fsp3) is 0.136. The minimum atomic E-state index is -1.14. The van der Waals surface area contributed by atoms with Crippen LogP contribution in [0.25, 0.3) is 11.1 Å². The third-order valence-electron chi connectivity index (χ3n) is 4.25. The van der Waals surface area contributed by atoms with Gasteiger partial charge in [0.05, 0.1) is 0 Å². The van der Waals surface area contributed by atoms with Gasteiger partial charge in [0.15, 0.2) is 6.61 Å². The number of hydrogen-bond donors (Lipinski definition) is 1. The highest BCUT2D eigenvalue weighted by atomic mass is 19.1. The first-order valence-electron chi connectivity index (χ1n) is 8.60. The molecule has 0 aromatic heterocycles. The van der Waals surface area contributed by atoms with Crippen molar-refractivity contribution in [2.24, 2.45) is 0 Å². The predicted octanol–water partition coefficient (Wildman–Crippen LogP) is 5.02. The lowest BCUT2D eigenvalue weighted by Gasteiger charge is -2.10. The fourth-order valence-corrected chi connectivity index (χ4v) is 2.86. The first-order valence-corrected chi connectivity index (χ1v) is 8.60. The fourth-order valence-electron chi connectivity index (χ4n) is 2.86. The van der Waals surface area contributed by atoms with Crippen molar-refractivity contribution in [2.45, 2.75) is 12.8 Å². The van der Waals surface area contributed by atoms with Gasteiger partial charge in [-0.15, -0.1) is 0 Å². The summed E-state index contributed by atoms with van der Waals surface area (Å²) in [6, 6.07) is 14.4. The summed E-state index contributed by atoms with van der Waals surface area (Å²) < 4.78 is 46.7. The molecular weight excluding hydrogens is 369 g/mol. The second kappa shape index (κ2) is 8.61. The lowest BCUT2D eigenvalue weighted by molar-refractivity contribution is -0.139. The van der Waals surface area contributed by atoms with Gasteiger partial charge in [-0.3, -0.25) is 0 Å². The summed E-state index contributed by atoms with van der Waals surface area (Å²) in [7, 11) is 0. The number of ether oxygens (including phenoxy) is 1. The number of aliphatic carboxylic acids is 1. The van der Waals surface area contributed by atoms with Crippen molar-refractivity contribution in [3.05, 3.63) is 89.2 Å². The molecule has 0 atom stereocenters. The van der Waals surface area contributed by atoms with Crippen LogP contribution in [-0.2, 0) is 17.6 Å². The third kappa shape index (κ3) is 4.91. The summed E-state index contributed by atoms with van der Waals surface area (Å²) in [5.41, 5.74) is 1.95. The molecule has 0 amide bonds. The van der Waals surface area contributed by atoms with Gasteiger partial charge in [0, 0.05) is 0 Å². The van der Waals surface area contributed by atoms with E-state index in [4.69, 9.17) is 9.84 Å². The van der Waals surface area contributed by atoms with E-state index < -0.39 is 24.2 Å². The highest BCUT2D eigenvalue weighted by Gasteiger charge is 2.10. The van der Waals surface area contributed by atoms with Crippen LogP contribution in [0.15, 0.2) is 60.7 Å². The molecule has 0 heterocycles. The Morgan fingerprint density at radius 3 is 2.14 bits per heavy atom. The molecule has 0 fully saturated rings. The SMILES string of the molecule is O=C(O)COc1ccc(F)c(CCc2cc(-c3cccc(F)c3)ccc2F)c1. The summed E-state index contributed by atoms with van der Waals surface area (Å²) in [6.07, 6.45) is 0.411. The van der Waals surface area contributed by atoms with Gasteiger partial charge in [0.2, 0.25) is 0 Å². The smallest absolute Gasteiger partial charge is 0.341 e. The summed E-state index contributed by atoms with van der Waals surface area (Å²) in [5, 5.41) is 8.65. The zero-order chi connectivity index (χ0) is 20.1. The summed E-state index contributed by atoms with van der Waals surface area (Å²) in [5.74, 6) is -2.21. The maximum atomic E-state index is 14.2. The third-order valence-corrected chi connectivity index (χ3v) is 4.25. The van der Waals surface area contributed by atoms with Crippen LogP contribution in [0, 0.1) is 17.5 Å². The Labute approximate surface area is 160 Å². The number of rotatable bonds is 7. The molecule has 0 aliphatic rings. The normalized spacial score (nSPS) is 10.7. The maximum absolute atomic E-state index is 14.2. The zero-order valence-electron chi connectivity index (χ0n) is 14.8. The highest BCUT2D eigenvalue weighted by Crippen LogP contribution is 2.25. The number of hydrogen-bond acceptors (Lipinski definition) is 2. The Morgan fingerprint density at radius 2 is 1.46 bits per heavy atom. The van der Waals surface area contributed by atoms with Crippen molar-refractivity contribution in [3.8, 4) is 16.9 Å². The molecule has 0 bridgehead atoms. The molecule has 0 aliphatic carbocycles. The average molecular weight is 386 g/mol. The monoisotopic (exact) mass is 386 g/mol. The van der Waals surface area contributed by atoms with E-state index in [9.17, 15) is 18.0 Å². The highest BCUT2D eigenvalue weighted by molar-refractivity contribution is 5.68. The van der Waals surface area contributed by atoms with Gasteiger partial charge >= 0.3 is 5.97 Å². The quantitative estimate of drug-likeness (QED) is 0.620. The Bertz CT molecular complexity index is 1000. The standard InChI is InChI=1S/C22H17F3O3/c23-18-3-1-2-14(11-18)15-6-8-20(24)16(10-15)4-5-17-12-19(7-9-21(17)25)28-13-22(26)27/h1-3,6-12H,4-5,13H2,(H,26,27). The first-order chi connectivity index (χ1) is 13.4. The van der Waals surface area contributed by atoms with Gasteiger partial charge in [-0.2, -0.15) is 0 Å². The van der Waals surface area contributed by atoms with Gasteiger partial charge < -0.3 is 9.84 Å². The van der Waals surface area contributed by atoms with E-state index in [1.807, 2.05) is 0 Å². The predicted molar refractivity (Wildman–Crippen MR) is 98.7 cm³/mol. The second-order valence-electron chi connectivity index (χ2n) is 6.25. The number of halogens is 3. The number of aryl methyl sites for hydroxylation is 2.